The molecule has 0 unspecified atom stereocenters. The van der Waals surface area contributed by atoms with E-state index in [0.29, 0.717) is 6.61 Å². The molecule has 0 saturated carbocycles. The van der Waals surface area contributed by atoms with E-state index in [-0.39, 0.29) is 0 Å². The molecular weight excluding hydrogens is 252 g/mol. The van der Waals surface area contributed by atoms with E-state index in [1.807, 2.05) is 42.5 Å². The van der Waals surface area contributed by atoms with Gasteiger partial charge in [0, 0.05) is 11.6 Å². The number of hydrogen-bond donors (Lipinski definition) is 0. The van der Waals surface area contributed by atoms with Crippen molar-refractivity contribution >= 4 is 11.6 Å². The van der Waals surface area contributed by atoms with E-state index in [1.165, 1.54) is 0 Å². The number of fused-ring (bicyclic) bond motifs is 1. The number of ether oxygens (including phenoxy) is 3. The molecule has 0 N–H and O–H groups in total. The van der Waals surface area contributed by atoms with Crippen LogP contribution in [0.4, 0.5) is 0 Å². The molecule has 3 heteroatoms. The minimum absolute atomic E-state index is 0.562. The maximum absolute atomic E-state index is 5.81. The molecule has 0 bridgehead atoms. The second-order valence-corrected chi connectivity index (χ2v) is 4.59. The van der Waals surface area contributed by atoms with E-state index >= 15 is 0 Å². The molecule has 1 aliphatic heterocycles. The third-order valence-corrected chi connectivity index (χ3v) is 3.39. The van der Waals surface area contributed by atoms with Crippen LogP contribution in [0.3, 0.4) is 0 Å². The third kappa shape index (κ3) is 2.35. The molecule has 2 aromatic carbocycles. The Labute approximate surface area is 118 Å². The van der Waals surface area contributed by atoms with E-state index < -0.39 is 0 Å². The summed E-state index contributed by atoms with van der Waals surface area (Å²) in [5.41, 5.74) is 3.38. The minimum atomic E-state index is 0.562. The summed E-state index contributed by atoms with van der Waals surface area (Å²) in [6.45, 7) is 0.562. The summed E-state index contributed by atoms with van der Waals surface area (Å²) < 4.78 is 16.2. The molecule has 0 radical (unpaired) electrons. The number of hydrogen-bond acceptors (Lipinski definition) is 3. The summed E-state index contributed by atoms with van der Waals surface area (Å²) in [5.74, 6) is 2.53. The largest absolute Gasteiger partial charge is 0.497 e. The lowest BCUT2D eigenvalue weighted by atomic mass is 10.0. The van der Waals surface area contributed by atoms with Gasteiger partial charge < -0.3 is 14.2 Å². The van der Waals surface area contributed by atoms with Gasteiger partial charge >= 0.3 is 0 Å². The van der Waals surface area contributed by atoms with Gasteiger partial charge in [-0.15, -0.1) is 0 Å². The average Bonchev–Trinajstić information content (AvgIpc) is 2.54. The van der Waals surface area contributed by atoms with Crippen LogP contribution in [0.5, 0.6) is 17.2 Å². The second-order valence-electron chi connectivity index (χ2n) is 4.59. The molecular formula is C17H16O3. The number of rotatable bonds is 3. The molecule has 1 aliphatic rings. The van der Waals surface area contributed by atoms with E-state index in [0.717, 1.165) is 33.9 Å². The van der Waals surface area contributed by atoms with Crippen molar-refractivity contribution in [2.24, 2.45) is 0 Å². The molecule has 2 aromatic rings. The lowest BCUT2D eigenvalue weighted by Crippen LogP contribution is -2.06. The van der Waals surface area contributed by atoms with Crippen LogP contribution >= 0.6 is 0 Å². The van der Waals surface area contributed by atoms with Gasteiger partial charge in [0.1, 0.15) is 23.9 Å². The van der Waals surface area contributed by atoms with Gasteiger partial charge in [-0.1, -0.05) is 12.1 Å². The maximum atomic E-state index is 5.81. The van der Waals surface area contributed by atoms with Crippen LogP contribution in [0.1, 0.15) is 11.1 Å². The van der Waals surface area contributed by atoms with Crippen LogP contribution in [0.2, 0.25) is 0 Å². The van der Waals surface area contributed by atoms with Crippen LogP contribution in [-0.4, -0.2) is 20.8 Å². The quantitative estimate of drug-likeness (QED) is 0.850. The number of benzene rings is 2. The zero-order chi connectivity index (χ0) is 13.9. The smallest absolute Gasteiger partial charge is 0.130 e. The van der Waals surface area contributed by atoms with Crippen LogP contribution < -0.4 is 14.2 Å². The van der Waals surface area contributed by atoms with Crippen molar-refractivity contribution < 1.29 is 14.2 Å². The summed E-state index contributed by atoms with van der Waals surface area (Å²) in [4.78, 5) is 0. The van der Waals surface area contributed by atoms with Crippen molar-refractivity contribution in [3.05, 3.63) is 53.6 Å². The van der Waals surface area contributed by atoms with Crippen LogP contribution in [0.25, 0.3) is 11.6 Å². The zero-order valence-corrected chi connectivity index (χ0v) is 11.6. The summed E-state index contributed by atoms with van der Waals surface area (Å²) >= 11 is 0. The fraction of sp³-hybridized carbons (Fsp3) is 0.176. The molecule has 0 saturated heterocycles. The van der Waals surface area contributed by atoms with Gasteiger partial charge in [0.15, 0.2) is 0 Å². The topological polar surface area (TPSA) is 27.7 Å². The van der Waals surface area contributed by atoms with Crippen molar-refractivity contribution in [1.29, 1.82) is 0 Å². The Hall–Kier alpha value is -2.42. The van der Waals surface area contributed by atoms with Crippen molar-refractivity contribution in [3.63, 3.8) is 0 Å². The fourth-order valence-electron chi connectivity index (χ4n) is 2.24. The molecule has 0 amide bonds. The second kappa shape index (κ2) is 5.29. The standard InChI is InChI=1S/C17H16O3/c1-18-15-6-3-12(4-7-15)14-9-13-5-8-16(19-2)10-17(13)20-11-14/h3-10H,11H2,1-2H3. The highest BCUT2D eigenvalue weighted by molar-refractivity contribution is 5.85. The Bertz CT molecular complexity index is 642. The van der Waals surface area contributed by atoms with Gasteiger partial charge in [-0.05, 0) is 41.5 Å². The first kappa shape index (κ1) is 12.6. The van der Waals surface area contributed by atoms with Gasteiger partial charge in [-0.3, -0.25) is 0 Å². The summed E-state index contributed by atoms with van der Waals surface area (Å²) in [7, 11) is 3.32. The number of methoxy groups -OCH3 is 2. The predicted molar refractivity (Wildman–Crippen MR) is 79.4 cm³/mol. The first-order valence-corrected chi connectivity index (χ1v) is 6.46. The maximum Gasteiger partial charge on any atom is 0.130 e. The van der Waals surface area contributed by atoms with E-state index in [1.54, 1.807) is 14.2 Å². The van der Waals surface area contributed by atoms with Gasteiger partial charge in [-0.2, -0.15) is 0 Å². The molecule has 3 nitrogen and oxygen atoms in total. The molecule has 0 atom stereocenters. The molecule has 0 aliphatic carbocycles. The lowest BCUT2D eigenvalue weighted by molar-refractivity contribution is 0.359. The van der Waals surface area contributed by atoms with Crippen molar-refractivity contribution in [2.45, 2.75) is 0 Å². The highest BCUT2D eigenvalue weighted by Gasteiger charge is 2.13. The summed E-state index contributed by atoms with van der Waals surface area (Å²) in [6.07, 6.45) is 2.15. The molecule has 0 spiro atoms. The average molecular weight is 268 g/mol. The van der Waals surface area contributed by atoms with Crippen LogP contribution in [0, 0.1) is 0 Å². The molecule has 102 valence electrons. The fourth-order valence-corrected chi connectivity index (χ4v) is 2.24. The van der Waals surface area contributed by atoms with E-state index in [9.17, 15) is 0 Å². The minimum Gasteiger partial charge on any atom is -0.497 e. The Balaban J connectivity index is 1.93. The van der Waals surface area contributed by atoms with Crippen LogP contribution in [-0.2, 0) is 0 Å². The van der Waals surface area contributed by atoms with Gasteiger partial charge in [-0.25, -0.2) is 0 Å². The third-order valence-electron chi connectivity index (χ3n) is 3.39. The predicted octanol–water partition coefficient (Wildman–Crippen LogP) is 3.64. The highest BCUT2D eigenvalue weighted by Crippen LogP contribution is 2.33. The molecule has 20 heavy (non-hydrogen) atoms. The molecule has 3 rings (SSSR count). The van der Waals surface area contributed by atoms with E-state index in [4.69, 9.17) is 14.2 Å². The SMILES string of the molecule is COc1ccc(C2=Cc3ccc(OC)cc3OC2)cc1. The summed E-state index contributed by atoms with van der Waals surface area (Å²) in [5, 5.41) is 0. The van der Waals surface area contributed by atoms with Crippen molar-refractivity contribution in [1.82, 2.24) is 0 Å². The lowest BCUT2D eigenvalue weighted by Gasteiger charge is -2.19. The Kier molecular flexibility index (Phi) is 3.33. The monoisotopic (exact) mass is 268 g/mol. The van der Waals surface area contributed by atoms with Crippen molar-refractivity contribution in [2.75, 3.05) is 20.8 Å². The van der Waals surface area contributed by atoms with Crippen molar-refractivity contribution in [3.8, 4) is 17.2 Å². The van der Waals surface area contributed by atoms with Crippen LogP contribution in [0.15, 0.2) is 42.5 Å². The highest BCUT2D eigenvalue weighted by atomic mass is 16.5. The van der Waals surface area contributed by atoms with Gasteiger partial charge in [0.2, 0.25) is 0 Å². The molecule has 0 fully saturated rings. The van der Waals surface area contributed by atoms with Gasteiger partial charge in [0.25, 0.3) is 0 Å². The first-order valence-electron chi connectivity index (χ1n) is 6.46. The first-order chi connectivity index (χ1) is 9.80. The summed E-state index contributed by atoms with van der Waals surface area (Å²) in [6, 6.07) is 13.9. The Morgan fingerprint density at radius 3 is 2.30 bits per heavy atom. The molecule has 1 heterocycles. The normalized spacial score (nSPS) is 13.0. The zero-order valence-electron chi connectivity index (χ0n) is 11.6. The molecule has 0 aromatic heterocycles. The van der Waals surface area contributed by atoms with E-state index in [2.05, 4.69) is 6.08 Å². The Morgan fingerprint density at radius 1 is 0.900 bits per heavy atom. The van der Waals surface area contributed by atoms with Gasteiger partial charge in [0.05, 0.1) is 14.2 Å². The Morgan fingerprint density at radius 2 is 1.60 bits per heavy atom.